The van der Waals surface area contributed by atoms with Gasteiger partial charge in [-0.15, -0.1) is 0 Å². The first-order chi connectivity index (χ1) is 13.2. The number of benzene rings is 1. The number of fused-ring (bicyclic) bond motifs is 1. The predicted molar refractivity (Wildman–Crippen MR) is 98.5 cm³/mol. The number of ether oxygens (including phenoxy) is 2. The number of carbonyl (C=O) groups is 1. The van der Waals surface area contributed by atoms with Gasteiger partial charge in [-0.25, -0.2) is 4.98 Å². The van der Waals surface area contributed by atoms with Crippen LogP contribution in [-0.2, 0) is 19.7 Å². The van der Waals surface area contributed by atoms with E-state index in [2.05, 4.69) is 10.1 Å². The van der Waals surface area contributed by atoms with E-state index >= 15 is 0 Å². The largest absolute Gasteiger partial charge is 0.497 e. The highest BCUT2D eigenvalue weighted by Gasteiger charge is 2.23. The number of rotatable bonds is 5. The minimum absolute atomic E-state index is 0.0105. The fourth-order valence-corrected chi connectivity index (χ4v) is 3.07. The lowest BCUT2D eigenvalue weighted by Crippen LogP contribution is -2.38. The van der Waals surface area contributed by atoms with Crippen molar-refractivity contribution in [3.8, 4) is 11.6 Å². The number of aromatic nitrogens is 3. The van der Waals surface area contributed by atoms with Crippen LogP contribution in [0.3, 0.4) is 0 Å². The second-order valence-corrected chi connectivity index (χ2v) is 6.26. The summed E-state index contributed by atoms with van der Waals surface area (Å²) in [5.41, 5.74) is 2.49. The summed E-state index contributed by atoms with van der Waals surface area (Å²) in [4.78, 5) is 18.7. The Balaban J connectivity index is 1.42. The van der Waals surface area contributed by atoms with Crippen molar-refractivity contribution in [3.63, 3.8) is 0 Å². The third-order valence-corrected chi connectivity index (χ3v) is 4.48. The van der Waals surface area contributed by atoms with E-state index in [9.17, 15) is 4.79 Å². The lowest BCUT2D eigenvalue weighted by Gasteiger charge is -2.27. The van der Waals surface area contributed by atoms with E-state index in [1.54, 1.807) is 37.6 Å². The highest BCUT2D eigenvalue weighted by atomic mass is 16.5. The van der Waals surface area contributed by atoms with E-state index in [1.807, 2.05) is 33.8 Å². The van der Waals surface area contributed by atoms with Gasteiger partial charge in [0.1, 0.15) is 18.1 Å². The van der Waals surface area contributed by atoms with Gasteiger partial charge in [-0.1, -0.05) is 6.07 Å². The molecule has 1 amide bonds. The number of methoxy groups -OCH3 is 1. The normalized spacial score (nSPS) is 13.1. The van der Waals surface area contributed by atoms with E-state index < -0.39 is 0 Å². The summed E-state index contributed by atoms with van der Waals surface area (Å²) in [6.07, 6.45) is 1.69. The fourth-order valence-electron chi connectivity index (χ4n) is 3.07. The van der Waals surface area contributed by atoms with Gasteiger partial charge in [-0.3, -0.25) is 9.48 Å². The lowest BCUT2D eigenvalue weighted by atomic mass is 10.1. The van der Waals surface area contributed by atoms with Crippen molar-refractivity contribution < 1.29 is 14.3 Å². The Hall–Kier alpha value is -3.35. The van der Waals surface area contributed by atoms with Crippen molar-refractivity contribution >= 4 is 5.91 Å². The van der Waals surface area contributed by atoms with Gasteiger partial charge in [-0.05, 0) is 36.4 Å². The first-order valence-electron chi connectivity index (χ1n) is 8.76. The van der Waals surface area contributed by atoms with Crippen LogP contribution in [0.5, 0.6) is 11.6 Å². The number of nitrogens with zero attached hydrogens (tertiary/aromatic N) is 4. The van der Waals surface area contributed by atoms with Crippen LogP contribution in [0.2, 0.25) is 0 Å². The van der Waals surface area contributed by atoms with Gasteiger partial charge < -0.3 is 14.4 Å². The summed E-state index contributed by atoms with van der Waals surface area (Å²) in [5, 5.41) is 4.56. The smallest absolute Gasteiger partial charge is 0.254 e. The standard InChI is InChI=1S/C20H20N4O3/c1-26-18-7-5-15(6-8-18)20(25)23-10-11-24-17(13-23)12-16(22-24)14-27-19-4-2-3-9-21-19/h2-9,12H,10-11,13-14H2,1H3. The van der Waals surface area contributed by atoms with Gasteiger partial charge in [0.2, 0.25) is 5.88 Å². The molecular weight excluding hydrogens is 344 g/mol. The molecule has 0 atom stereocenters. The molecule has 1 aliphatic heterocycles. The van der Waals surface area contributed by atoms with Crippen molar-refractivity contribution in [2.75, 3.05) is 13.7 Å². The van der Waals surface area contributed by atoms with Crippen molar-refractivity contribution in [1.82, 2.24) is 19.7 Å². The number of amides is 1. The van der Waals surface area contributed by atoms with Crippen LogP contribution in [0.4, 0.5) is 0 Å². The number of pyridine rings is 1. The van der Waals surface area contributed by atoms with Crippen molar-refractivity contribution in [2.24, 2.45) is 0 Å². The minimum atomic E-state index is 0.0105. The molecule has 0 saturated carbocycles. The minimum Gasteiger partial charge on any atom is -0.497 e. The second kappa shape index (κ2) is 7.49. The van der Waals surface area contributed by atoms with Crippen LogP contribution < -0.4 is 9.47 Å². The first-order valence-corrected chi connectivity index (χ1v) is 8.76. The lowest BCUT2D eigenvalue weighted by molar-refractivity contribution is 0.0706. The Morgan fingerprint density at radius 2 is 2.00 bits per heavy atom. The predicted octanol–water partition coefficient (Wildman–Crippen LogP) is 2.52. The third kappa shape index (κ3) is 3.76. The third-order valence-electron chi connectivity index (χ3n) is 4.48. The average molecular weight is 364 g/mol. The van der Waals surface area contributed by atoms with E-state index in [0.29, 0.717) is 37.7 Å². The van der Waals surface area contributed by atoms with Crippen molar-refractivity contribution in [1.29, 1.82) is 0 Å². The van der Waals surface area contributed by atoms with Crippen LogP contribution in [0, 0.1) is 0 Å². The maximum Gasteiger partial charge on any atom is 0.254 e. The van der Waals surface area contributed by atoms with E-state index in [-0.39, 0.29) is 5.91 Å². The monoisotopic (exact) mass is 364 g/mol. The zero-order chi connectivity index (χ0) is 18.6. The molecule has 138 valence electrons. The Kier molecular flexibility index (Phi) is 4.74. The molecule has 0 spiro atoms. The molecule has 2 aromatic heterocycles. The van der Waals surface area contributed by atoms with Crippen molar-refractivity contribution in [2.45, 2.75) is 19.7 Å². The van der Waals surface area contributed by atoms with E-state index in [4.69, 9.17) is 9.47 Å². The molecule has 3 aromatic rings. The summed E-state index contributed by atoms with van der Waals surface area (Å²) in [5.74, 6) is 1.32. The van der Waals surface area contributed by atoms with Gasteiger partial charge in [-0.2, -0.15) is 5.10 Å². The molecule has 0 bridgehead atoms. The summed E-state index contributed by atoms with van der Waals surface area (Å²) in [6, 6.07) is 14.7. The molecule has 0 fully saturated rings. The zero-order valence-corrected chi connectivity index (χ0v) is 15.0. The molecule has 4 rings (SSSR count). The molecule has 3 heterocycles. The molecule has 0 aliphatic carbocycles. The van der Waals surface area contributed by atoms with Gasteiger partial charge in [0.25, 0.3) is 5.91 Å². The van der Waals surface area contributed by atoms with Crippen LogP contribution in [-0.4, -0.2) is 39.2 Å². The number of hydrogen-bond acceptors (Lipinski definition) is 5. The fraction of sp³-hybridized carbons (Fsp3) is 0.250. The zero-order valence-electron chi connectivity index (χ0n) is 15.0. The van der Waals surface area contributed by atoms with Crippen LogP contribution in [0.25, 0.3) is 0 Å². The maximum atomic E-state index is 12.7. The summed E-state index contributed by atoms with van der Waals surface area (Å²) in [6.45, 7) is 2.17. The summed E-state index contributed by atoms with van der Waals surface area (Å²) < 4.78 is 12.7. The Labute approximate surface area is 157 Å². The highest BCUT2D eigenvalue weighted by Crippen LogP contribution is 2.19. The SMILES string of the molecule is COc1ccc(C(=O)N2CCn3nc(COc4ccccn4)cc3C2)cc1. The molecule has 7 nitrogen and oxygen atoms in total. The first kappa shape index (κ1) is 17.1. The number of carbonyl (C=O) groups excluding carboxylic acids is 1. The molecule has 7 heteroatoms. The highest BCUT2D eigenvalue weighted by molar-refractivity contribution is 5.94. The molecule has 1 aliphatic rings. The summed E-state index contributed by atoms with van der Waals surface area (Å²) in [7, 11) is 1.61. The summed E-state index contributed by atoms with van der Waals surface area (Å²) >= 11 is 0. The van der Waals surface area contributed by atoms with Gasteiger partial charge >= 0.3 is 0 Å². The molecule has 0 unspecified atom stereocenters. The topological polar surface area (TPSA) is 69.5 Å². The van der Waals surface area contributed by atoms with Gasteiger partial charge in [0, 0.05) is 24.4 Å². The average Bonchev–Trinajstić information content (AvgIpc) is 3.14. The molecule has 0 N–H and O–H groups in total. The quantitative estimate of drug-likeness (QED) is 0.696. The molecule has 0 saturated heterocycles. The van der Waals surface area contributed by atoms with Crippen LogP contribution >= 0.6 is 0 Å². The Morgan fingerprint density at radius 3 is 2.74 bits per heavy atom. The second-order valence-electron chi connectivity index (χ2n) is 6.26. The van der Waals surface area contributed by atoms with Crippen molar-refractivity contribution in [3.05, 3.63) is 71.7 Å². The van der Waals surface area contributed by atoms with E-state index in [1.165, 1.54) is 0 Å². The van der Waals surface area contributed by atoms with Gasteiger partial charge in [0.05, 0.1) is 25.9 Å². The Bertz CT molecular complexity index is 922. The molecule has 1 aromatic carbocycles. The Morgan fingerprint density at radius 1 is 1.15 bits per heavy atom. The van der Waals surface area contributed by atoms with Gasteiger partial charge in [0.15, 0.2) is 0 Å². The van der Waals surface area contributed by atoms with E-state index in [0.717, 1.165) is 17.1 Å². The maximum absolute atomic E-state index is 12.7. The van der Waals surface area contributed by atoms with Crippen LogP contribution in [0.1, 0.15) is 21.7 Å². The molecule has 27 heavy (non-hydrogen) atoms. The molecule has 0 radical (unpaired) electrons. The molecular formula is C20H20N4O3. The van der Waals surface area contributed by atoms with Crippen LogP contribution in [0.15, 0.2) is 54.7 Å². The number of hydrogen-bond donors (Lipinski definition) is 0.